The minimum atomic E-state index is -3.61. The van der Waals surface area contributed by atoms with Gasteiger partial charge in [0.15, 0.2) is 0 Å². The number of nitrogens with zero attached hydrogens (tertiary/aromatic N) is 1. The predicted molar refractivity (Wildman–Crippen MR) is 63.8 cm³/mol. The van der Waals surface area contributed by atoms with E-state index in [1.165, 1.54) is 0 Å². The molecule has 0 N–H and O–H groups in total. The van der Waals surface area contributed by atoms with E-state index in [0.717, 1.165) is 12.8 Å². The van der Waals surface area contributed by atoms with E-state index in [1.54, 1.807) is 0 Å². The van der Waals surface area contributed by atoms with Gasteiger partial charge in [0.05, 0.1) is 0 Å². The highest BCUT2D eigenvalue weighted by atomic mass is 35.6. The van der Waals surface area contributed by atoms with Crippen LogP contribution in [0.15, 0.2) is 4.40 Å². The summed E-state index contributed by atoms with van der Waals surface area (Å²) in [6.07, 6.45) is 2.57. The lowest BCUT2D eigenvalue weighted by molar-refractivity contribution is 0.138. The van der Waals surface area contributed by atoms with Gasteiger partial charge in [-0.2, -0.15) is 0 Å². The maximum absolute atomic E-state index is 11.8. The highest BCUT2D eigenvalue weighted by Crippen LogP contribution is 2.37. The fraction of sp³-hybridized carbons (Fsp3) is 0.875. The van der Waals surface area contributed by atoms with Crippen molar-refractivity contribution in [3.05, 3.63) is 0 Å². The topological polar surface area (TPSA) is 55.7 Å². The van der Waals surface area contributed by atoms with Crippen LogP contribution in [0.4, 0.5) is 0 Å². The quantitative estimate of drug-likeness (QED) is 0.646. The molecule has 8 heteroatoms. The maximum atomic E-state index is 11.8. The van der Waals surface area contributed by atoms with Crippen LogP contribution in [-0.4, -0.2) is 29.5 Å². The zero-order valence-corrected chi connectivity index (χ0v) is 11.3. The summed E-state index contributed by atoms with van der Waals surface area (Å²) >= 11 is 16.7. The molecule has 2 unspecified atom stereocenters. The fourth-order valence-electron chi connectivity index (χ4n) is 2.01. The van der Waals surface area contributed by atoms with E-state index in [9.17, 15) is 8.42 Å². The molecule has 2 atom stereocenters. The van der Waals surface area contributed by atoms with Crippen molar-refractivity contribution in [2.45, 2.75) is 40.8 Å². The Bertz CT molecular complexity index is 415. The largest absolute Gasteiger partial charge is 0.472 e. The molecule has 16 heavy (non-hydrogen) atoms. The molecule has 0 aromatic carbocycles. The monoisotopic (exact) mass is 305 g/mol. The van der Waals surface area contributed by atoms with Gasteiger partial charge in [-0.3, -0.25) is 0 Å². The number of fused-ring (bicyclic) bond motifs is 1. The van der Waals surface area contributed by atoms with E-state index in [1.807, 2.05) is 0 Å². The number of alkyl halides is 3. The standard InChI is InChI=1S/C8H10Cl3NO3S/c9-8(10,11)7-12-16(13,14)6-4-2-1-3-5(6)15-7/h5-6H,1-4H2. The summed E-state index contributed by atoms with van der Waals surface area (Å²) in [5.41, 5.74) is 0. The molecule has 1 heterocycles. The Kier molecular flexibility index (Phi) is 3.34. The molecule has 0 radical (unpaired) electrons. The summed E-state index contributed by atoms with van der Waals surface area (Å²) in [5, 5.41) is -0.586. The molecule has 1 aliphatic heterocycles. The van der Waals surface area contributed by atoms with Crippen LogP contribution in [-0.2, 0) is 14.8 Å². The highest BCUT2D eigenvalue weighted by molar-refractivity contribution is 7.91. The van der Waals surface area contributed by atoms with Gasteiger partial charge < -0.3 is 4.74 Å². The number of hydrogen-bond acceptors (Lipinski definition) is 3. The molecule has 92 valence electrons. The Morgan fingerprint density at radius 2 is 1.88 bits per heavy atom. The molecule has 0 bridgehead atoms. The Morgan fingerprint density at radius 3 is 2.50 bits per heavy atom. The molecule has 2 aliphatic rings. The minimum absolute atomic E-state index is 0.333. The summed E-state index contributed by atoms with van der Waals surface area (Å²) in [6, 6.07) is 0. The molecule has 1 aliphatic carbocycles. The molecule has 2 rings (SSSR count). The van der Waals surface area contributed by atoms with Crippen LogP contribution in [0, 0.1) is 0 Å². The van der Waals surface area contributed by atoms with Gasteiger partial charge in [-0.1, -0.05) is 41.2 Å². The summed E-state index contributed by atoms with van der Waals surface area (Å²) in [6.45, 7) is 0. The molecule has 4 nitrogen and oxygen atoms in total. The zero-order valence-electron chi connectivity index (χ0n) is 8.20. The van der Waals surface area contributed by atoms with Gasteiger partial charge >= 0.3 is 0 Å². The lowest BCUT2D eigenvalue weighted by atomic mass is 9.97. The van der Waals surface area contributed by atoms with Crippen molar-refractivity contribution in [2.24, 2.45) is 4.40 Å². The van der Waals surface area contributed by atoms with E-state index in [-0.39, 0.29) is 5.90 Å². The summed E-state index contributed by atoms with van der Waals surface area (Å²) in [7, 11) is -3.61. The summed E-state index contributed by atoms with van der Waals surface area (Å²) in [4.78, 5) is 0. The smallest absolute Gasteiger partial charge is 0.267 e. The Balaban J connectivity index is 2.37. The molecule has 0 aromatic rings. The zero-order chi connectivity index (χ0) is 12.0. The van der Waals surface area contributed by atoms with E-state index in [0.29, 0.717) is 12.8 Å². The Hall–Kier alpha value is 0.290. The first-order chi connectivity index (χ1) is 7.31. The van der Waals surface area contributed by atoms with Crippen molar-refractivity contribution >= 4 is 50.7 Å². The van der Waals surface area contributed by atoms with Crippen LogP contribution < -0.4 is 0 Å². The average molecular weight is 307 g/mol. The molecule has 1 saturated carbocycles. The van der Waals surface area contributed by atoms with Gasteiger partial charge in [0.1, 0.15) is 11.4 Å². The summed E-state index contributed by atoms with van der Waals surface area (Å²) < 4.78 is 30.5. The first-order valence-electron chi connectivity index (χ1n) is 4.88. The first-order valence-corrected chi connectivity index (χ1v) is 7.52. The van der Waals surface area contributed by atoms with Gasteiger partial charge in [-0.25, -0.2) is 8.42 Å². The van der Waals surface area contributed by atoms with Crippen LogP contribution in [0.2, 0.25) is 0 Å². The van der Waals surface area contributed by atoms with Crippen molar-refractivity contribution in [1.29, 1.82) is 0 Å². The minimum Gasteiger partial charge on any atom is -0.472 e. The van der Waals surface area contributed by atoms with Crippen LogP contribution in [0.25, 0.3) is 0 Å². The van der Waals surface area contributed by atoms with E-state index >= 15 is 0 Å². The van der Waals surface area contributed by atoms with Crippen molar-refractivity contribution in [2.75, 3.05) is 0 Å². The van der Waals surface area contributed by atoms with E-state index in [4.69, 9.17) is 39.5 Å². The number of hydrogen-bond donors (Lipinski definition) is 0. The second kappa shape index (κ2) is 4.19. The molecule has 0 saturated heterocycles. The average Bonchev–Trinajstić information content (AvgIpc) is 2.15. The lowest BCUT2D eigenvalue weighted by Crippen LogP contribution is -2.46. The lowest BCUT2D eigenvalue weighted by Gasteiger charge is -2.35. The van der Waals surface area contributed by atoms with Gasteiger partial charge in [0, 0.05) is 0 Å². The van der Waals surface area contributed by atoms with Gasteiger partial charge in [0.25, 0.3) is 19.7 Å². The van der Waals surface area contributed by atoms with Gasteiger partial charge in [-0.15, -0.1) is 4.40 Å². The van der Waals surface area contributed by atoms with Crippen molar-refractivity contribution in [1.82, 2.24) is 0 Å². The molecule has 0 amide bonds. The third kappa shape index (κ3) is 2.42. The van der Waals surface area contributed by atoms with Crippen molar-refractivity contribution < 1.29 is 13.2 Å². The SMILES string of the molecule is O=S1(=O)N=C(C(Cl)(Cl)Cl)OC2CCCCC21. The van der Waals surface area contributed by atoms with Crippen LogP contribution >= 0.6 is 34.8 Å². The van der Waals surface area contributed by atoms with E-state index < -0.39 is 25.2 Å². The van der Waals surface area contributed by atoms with Gasteiger partial charge in [0.2, 0.25) is 0 Å². The fourth-order valence-corrected chi connectivity index (χ4v) is 4.00. The predicted octanol–water partition coefficient (Wildman–Crippen LogP) is 2.43. The van der Waals surface area contributed by atoms with Crippen molar-refractivity contribution in [3.8, 4) is 0 Å². The van der Waals surface area contributed by atoms with Crippen LogP contribution in [0.3, 0.4) is 0 Å². The second-order valence-electron chi connectivity index (χ2n) is 3.89. The first kappa shape index (κ1) is 12.7. The highest BCUT2D eigenvalue weighted by Gasteiger charge is 2.46. The third-order valence-corrected chi connectivity index (χ3v) is 4.95. The van der Waals surface area contributed by atoms with E-state index in [2.05, 4.69) is 4.40 Å². The van der Waals surface area contributed by atoms with Crippen molar-refractivity contribution in [3.63, 3.8) is 0 Å². The molecular formula is C8H10Cl3NO3S. The summed E-state index contributed by atoms with van der Waals surface area (Å²) in [5.74, 6) is -0.333. The molecule has 0 spiro atoms. The van der Waals surface area contributed by atoms with Gasteiger partial charge in [-0.05, 0) is 19.3 Å². The normalized spacial score (nSPS) is 33.6. The third-order valence-electron chi connectivity index (χ3n) is 2.74. The van der Waals surface area contributed by atoms with Crippen LogP contribution in [0.1, 0.15) is 25.7 Å². The number of halogens is 3. The second-order valence-corrected chi connectivity index (χ2v) is 7.99. The number of ether oxygens (including phenoxy) is 1. The Morgan fingerprint density at radius 1 is 1.25 bits per heavy atom. The van der Waals surface area contributed by atoms with Crippen LogP contribution in [0.5, 0.6) is 0 Å². The molecule has 1 fully saturated rings. The maximum Gasteiger partial charge on any atom is 0.267 e. The Labute approximate surface area is 109 Å². The molecular weight excluding hydrogens is 297 g/mol. The molecule has 0 aromatic heterocycles. The number of rotatable bonds is 0. The number of sulfonamides is 1.